The van der Waals surface area contributed by atoms with Gasteiger partial charge in [-0.15, -0.1) is 11.6 Å². The Hall–Kier alpha value is -1.61. The number of ether oxygens (including phenoxy) is 1. The fourth-order valence-electron chi connectivity index (χ4n) is 2.27. The SMILES string of the molecule is ClCc1ccnc(C2CCOc3ccccc32)n1. The van der Waals surface area contributed by atoms with Gasteiger partial charge >= 0.3 is 0 Å². The monoisotopic (exact) mass is 260 g/mol. The Balaban J connectivity index is 2.02. The van der Waals surface area contributed by atoms with Gasteiger partial charge < -0.3 is 4.74 Å². The first kappa shape index (κ1) is 11.5. The maximum absolute atomic E-state index is 5.82. The Labute approximate surface area is 111 Å². The molecule has 1 aliphatic rings. The van der Waals surface area contributed by atoms with Crippen molar-refractivity contribution in [3.8, 4) is 5.75 Å². The summed E-state index contributed by atoms with van der Waals surface area (Å²) in [6.07, 6.45) is 2.68. The van der Waals surface area contributed by atoms with Crippen LogP contribution in [0.2, 0.25) is 0 Å². The Morgan fingerprint density at radius 3 is 3.06 bits per heavy atom. The fraction of sp³-hybridized carbons (Fsp3) is 0.286. The highest BCUT2D eigenvalue weighted by atomic mass is 35.5. The molecule has 3 nitrogen and oxygen atoms in total. The summed E-state index contributed by atoms with van der Waals surface area (Å²) < 4.78 is 5.65. The molecule has 92 valence electrons. The van der Waals surface area contributed by atoms with Crippen LogP contribution in [0.5, 0.6) is 5.75 Å². The molecule has 1 aromatic carbocycles. The Kier molecular flexibility index (Phi) is 3.15. The molecule has 0 spiro atoms. The number of rotatable bonds is 2. The molecular weight excluding hydrogens is 248 g/mol. The van der Waals surface area contributed by atoms with Gasteiger partial charge in [-0.3, -0.25) is 0 Å². The summed E-state index contributed by atoms with van der Waals surface area (Å²) in [6, 6.07) is 9.92. The summed E-state index contributed by atoms with van der Waals surface area (Å²) >= 11 is 5.82. The number of para-hydroxylation sites is 1. The van der Waals surface area contributed by atoms with Crippen LogP contribution in [0, 0.1) is 0 Å². The number of benzene rings is 1. The quantitative estimate of drug-likeness (QED) is 0.778. The van der Waals surface area contributed by atoms with Crippen LogP contribution in [0.25, 0.3) is 0 Å². The van der Waals surface area contributed by atoms with Crippen LogP contribution >= 0.6 is 11.6 Å². The summed E-state index contributed by atoms with van der Waals surface area (Å²) in [5, 5.41) is 0. The molecule has 0 fully saturated rings. The lowest BCUT2D eigenvalue weighted by Gasteiger charge is -2.24. The molecule has 1 atom stereocenters. The number of alkyl halides is 1. The molecule has 1 unspecified atom stereocenters. The van der Waals surface area contributed by atoms with E-state index in [0.717, 1.165) is 29.3 Å². The van der Waals surface area contributed by atoms with Gasteiger partial charge in [0, 0.05) is 11.8 Å². The van der Waals surface area contributed by atoms with Crippen molar-refractivity contribution in [1.82, 2.24) is 9.97 Å². The predicted octanol–water partition coefficient (Wildman–Crippen LogP) is 3.13. The maximum atomic E-state index is 5.82. The first-order chi connectivity index (χ1) is 8.88. The number of nitrogens with zero attached hydrogens (tertiary/aromatic N) is 2. The minimum atomic E-state index is 0.207. The summed E-state index contributed by atoms with van der Waals surface area (Å²) in [7, 11) is 0. The van der Waals surface area contributed by atoms with Crippen LogP contribution in [0.1, 0.15) is 29.4 Å². The van der Waals surface area contributed by atoms with Crippen LogP contribution < -0.4 is 4.74 Å². The molecule has 0 bridgehead atoms. The standard InChI is InChI=1S/C14H13ClN2O/c15-9-10-5-7-16-14(17-10)12-6-8-18-13-4-2-1-3-11(12)13/h1-5,7,12H,6,8-9H2. The lowest BCUT2D eigenvalue weighted by atomic mass is 9.92. The van der Waals surface area contributed by atoms with Crippen molar-refractivity contribution in [2.75, 3.05) is 6.61 Å². The minimum absolute atomic E-state index is 0.207. The molecule has 4 heteroatoms. The van der Waals surface area contributed by atoms with Crippen molar-refractivity contribution < 1.29 is 4.74 Å². The van der Waals surface area contributed by atoms with Gasteiger partial charge in [0.15, 0.2) is 0 Å². The maximum Gasteiger partial charge on any atom is 0.136 e. The van der Waals surface area contributed by atoms with Crippen LogP contribution in [0.15, 0.2) is 36.5 Å². The number of fused-ring (bicyclic) bond motifs is 1. The molecule has 0 saturated heterocycles. The van der Waals surface area contributed by atoms with E-state index in [0.29, 0.717) is 12.5 Å². The first-order valence-corrected chi connectivity index (χ1v) is 6.51. The number of halogens is 1. The van der Waals surface area contributed by atoms with Crippen LogP contribution in [-0.4, -0.2) is 16.6 Å². The summed E-state index contributed by atoms with van der Waals surface area (Å²) in [5.74, 6) is 2.40. The van der Waals surface area contributed by atoms with E-state index in [4.69, 9.17) is 16.3 Å². The van der Waals surface area contributed by atoms with E-state index in [1.165, 1.54) is 0 Å². The smallest absolute Gasteiger partial charge is 0.136 e. The van der Waals surface area contributed by atoms with Crippen molar-refractivity contribution >= 4 is 11.6 Å². The zero-order valence-electron chi connectivity index (χ0n) is 9.84. The normalized spacial score (nSPS) is 17.9. The van der Waals surface area contributed by atoms with Gasteiger partial charge in [0.05, 0.1) is 24.1 Å². The molecule has 0 amide bonds. The van der Waals surface area contributed by atoms with E-state index in [1.54, 1.807) is 6.20 Å². The molecule has 2 aromatic rings. The van der Waals surface area contributed by atoms with Crippen LogP contribution in [0.4, 0.5) is 0 Å². The average Bonchev–Trinajstić information content (AvgIpc) is 2.47. The Morgan fingerprint density at radius 1 is 1.28 bits per heavy atom. The highest BCUT2D eigenvalue weighted by Crippen LogP contribution is 2.36. The largest absolute Gasteiger partial charge is 0.493 e. The lowest BCUT2D eigenvalue weighted by Crippen LogP contribution is -2.17. The predicted molar refractivity (Wildman–Crippen MR) is 70.0 cm³/mol. The molecule has 0 radical (unpaired) electrons. The molecule has 1 aliphatic heterocycles. The van der Waals surface area contributed by atoms with Crippen molar-refractivity contribution in [2.24, 2.45) is 0 Å². The highest BCUT2D eigenvalue weighted by Gasteiger charge is 2.24. The van der Waals surface area contributed by atoms with Gasteiger partial charge in [-0.1, -0.05) is 18.2 Å². The fourth-order valence-corrected chi connectivity index (χ4v) is 2.41. The zero-order valence-corrected chi connectivity index (χ0v) is 10.6. The minimum Gasteiger partial charge on any atom is -0.493 e. The van der Waals surface area contributed by atoms with Gasteiger partial charge in [-0.2, -0.15) is 0 Å². The van der Waals surface area contributed by atoms with Gasteiger partial charge in [0.2, 0.25) is 0 Å². The van der Waals surface area contributed by atoms with Gasteiger partial charge in [-0.05, 0) is 18.6 Å². The van der Waals surface area contributed by atoms with Crippen LogP contribution in [-0.2, 0) is 5.88 Å². The molecule has 0 saturated carbocycles. The topological polar surface area (TPSA) is 35.0 Å². The second kappa shape index (κ2) is 4.94. The summed E-state index contributed by atoms with van der Waals surface area (Å²) in [5.41, 5.74) is 2.03. The lowest BCUT2D eigenvalue weighted by molar-refractivity contribution is 0.274. The summed E-state index contributed by atoms with van der Waals surface area (Å²) in [4.78, 5) is 8.90. The van der Waals surface area contributed by atoms with Crippen molar-refractivity contribution in [2.45, 2.75) is 18.2 Å². The van der Waals surface area contributed by atoms with E-state index < -0.39 is 0 Å². The summed E-state index contributed by atoms with van der Waals surface area (Å²) in [6.45, 7) is 0.705. The van der Waals surface area contributed by atoms with Crippen molar-refractivity contribution in [3.05, 3.63) is 53.6 Å². The third kappa shape index (κ3) is 2.06. The zero-order chi connectivity index (χ0) is 12.4. The first-order valence-electron chi connectivity index (χ1n) is 5.98. The van der Waals surface area contributed by atoms with Gasteiger partial charge in [0.1, 0.15) is 11.6 Å². The molecule has 0 aliphatic carbocycles. The molecular formula is C14H13ClN2O. The Bertz CT molecular complexity index is 559. The van der Waals surface area contributed by atoms with Crippen molar-refractivity contribution in [1.29, 1.82) is 0 Å². The van der Waals surface area contributed by atoms with Gasteiger partial charge in [0.25, 0.3) is 0 Å². The highest BCUT2D eigenvalue weighted by molar-refractivity contribution is 6.16. The number of aromatic nitrogens is 2. The van der Waals surface area contributed by atoms with E-state index in [1.807, 2.05) is 24.3 Å². The average molecular weight is 261 g/mol. The van der Waals surface area contributed by atoms with Gasteiger partial charge in [-0.25, -0.2) is 9.97 Å². The molecule has 0 N–H and O–H groups in total. The third-order valence-electron chi connectivity index (χ3n) is 3.14. The second-order valence-corrected chi connectivity index (χ2v) is 4.53. The molecule has 3 rings (SSSR count). The second-order valence-electron chi connectivity index (χ2n) is 4.27. The van der Waals surface area contributed by atoms with E-state index in [2.05, 4.69) is 16.0 Å². The van der Waals surface area contributed by atoms with E-state index in [-0.39, 0.29) is 5.92 Å². The molecule has 2 heterocycles. The number of hydrogen-bond donors (Lipinski definition) is 0. The number of hydrogen-bond acceptors (Lipinski definition) is 3. The molecule has 18 heavy (non-hydrogen) atoms. The third-order valence-corrected chi connectivity index (χ3v) is 3.41. The van der Waals surface area contributed by atoms with Crippen LogP contribution in [0.3, 0.4) is 0 Å². The molecule has 1 aromatic heterocycles. The van der Waals surface area contributed by atoms with E-state index >= 15 is 0 Å². The Morgan fingerprint density at radius 2 is 2.17 bits per heavy atom. The van der Waals surface area contributed by atoms with E-state index in [9.17, 15) is 0 Å². The van der Waals surface area contributed by atoms with Crippen molar-refractivity contribution in [3.63, 3.8) is 0 Å².